The molecule has 0 atom stereocenters. The molecule has 3 aromatic carbocycles. The summed E-state index contributed by atoms with van der Waals surface area (Å²) in [4.78, 5) is 4.81. The zero-order valence-corrected chi connectivity index (χ0v) is 17.6. The summed E-state index contributed by atoms with van der Waals surface area (Å²) in [5.41, 5.74) is 5.07. The number of benzene rings is 3. The minimum Gasteiger partial charge on any atom is -0.440 e. The molecule has 0 aliphatic carbocycles. The zero-order chi connectivity index (χ0) is 21.3. The number of rotatable bonds is 5. The van der Waals surface area contributed by atoms with Crippen LogP contribution in [0.3, 0.4) is 0 Å². The summed E-state index contributed by atoms with van der Waals surface area (Å²) >= 11 is 0. The highest BCUT2D eigenvalue weighted by molar-refractivity contribution is 7.89. The lowest BCUT2D eigenvalue weighted by Gasteiger charge is -2.10. The monoisotopic (exact) mass is 418 g/mol. The summed E-state index contributed by atoms with van der Waals surface area (Å²) in [5.74, 6) is 0.918. The number of nitrogens with zero attached hydrogens (tertiary/aromatic N) is 1. The molecule has 0 radical (unpaired) electrons. The smallest absolute Gasteiger partial charge is 0.238 e. The topological polar surface area (TPSA) is 86.2 Å². The predicted octanol–water partition coefficient (Wildman–Crippen LogP) is 4.86. The van der Waals surface area contributed by atoms with E-state index < -0.39 is 10.0 Å². The van der Waals surface area contributed by atoms with Gasteiger partial charge in [-0.15, -0.1) is 0 Å². The van der Waals surface area contributed by atoms with E-state index in [9.17, 15) is 8.42 Å². The molecule has 0 unspecified atom stereocenters. The molecule has 2 N–H and O–H groups in total. The number of oxazole rings is 1. The van der Waals surface area contributed by atoms with Crippen LogP contribution in [0.2, 0.25) is 0 Å². The van der Waals surface area contributed by atoms with E-state index in [-0.39, 0.29) is 4.90 Å². The van der Waals surface area contributed by atoms with E-state index in [0.717, 1.165) is 22.3 Å². The Balaban J connectivity index is 1.96. The summed E-state index contributed by atoms with van der Waals surface area (Å²) in [6.07, 6.45) is 0.496. The van der Waals surface area contributed by atoms with Crippen molar-refractivity contribution < 1.29 is 12.8 Å². The quantitative estimate of drug-likeness (QED) is 0.501. The Labute approximate surface area is 176 Å². The largest absolute Gasteiger partial charge is 0.440 e. The van der Waals surface area contributed by atoms with Crippen molar-refractivity contribution in [1.29, 1.82) is 0 Å². The summed E-state index contributed by atoms with van der Waals surface area (Å²) in [6.45, 7) is 4.01. The first-order valence-corrected chi connectivity index (χ1v) is 11.1. The van der Waals surface area contributed by atoms with E-state index in [1.54, 1.807) is 18.2 Å². The second-order valence-corrected chi connectivity index (χ2v) is 8.79. The maximum absolute atomic E-state index is 12.2. The van der Waals surface area contributed by atoms with E-state index in [1.165, 1.54) is 6.07 Å². The van der Waals surface area contributed by atoms with Crippen LogP contribution in [0.25, 0.3) is 22.6 Å². The first kappa shape index (κ1) is 20.1. The molecule has 30 heavy (non-hydrogen) atoms. The summed E-state index contributed by atoms with van der Waals surface area (Å²) in [6, 6.07) is 22.5. The highest BCUT2D eigenvalue weighted by Crippen LogP contribution is 2.38. The average molecular weight is 419 g/mol. The highest BCUT2D eigenvalue weighted by Gasteiger charge is 2.24. The van der Waals surface area contributed by atoms with Crippen LogP contribution in [0.1, 0.15) is 22.6 Å². The molecule has 0 bridgehead atoms. The van der Waals surface area contributed by atoms with Crippen molar-refractivity contribution in [2.45, 2.75) is 25.2 Å². The number of nitrogens with two attached hydrogens (primary N) is 1. The Morgan fingerprint density at radius 2 is 1.50 bits per heavy atom. The van der Waals surface area contributed by atoms with Crippen molar-refractivity contribution in [3.05, 3.63) is 95.4 Å². The van der Waals surface area contributed by atoms with Crippen molar-refractivity contribution in [3.8, 4) is 22.6 Å². The maximum Gasteiger partial charge on any atom is 0.238 e. The molecule has 4 aromatic rings. The number of hydrogen-bond donors (Lipinski definition) is 1. The fourth-order valence-corrected chi connectivity index (χ4v) is 4.39. The van der Waals surface area contributed by atoms with Crippen molar-refractivity contribution >= 4 is 10.0 Å². The number of aromatic nitrogens is 1. The van der Waals surface area contributed by atoms with Crippen LogP contribution < -0.4 is 5.14 Å². The molecule has 0 aliphatic heterocycles. The molecular weight excluding hydrogens is 396 g/mol. The van der Waals surface area contributed by atoms with Crippen molar-refractivity contribution in [2.75, 3.05) is 0 Å². The number of aryl methyl sites for hydroxylation is 2. The van der Waals surface area contributed by atoms with Gasteiger partial charge in [0.05, 0.1) is 4.90 Å². The molecule has 0 spiro atoms. The van der Waals surface area contributed by atoms with Gasteiger partial charge in [0.25, 0.3) is 0 Å². The lowest BCUT2D eigenvalue weighted by Crippen LogP contribution is -2.13. The molecule has 4 rings (SSSR count). The second kappa shape index (κ2) is 7.89. The van der Waals surface area contributed by atoms with Gasteiger partial charge in [0, 0.05) is 17.5 Å². The SMILES string of the molecule is Cc1cccc(C)c1-c1nc(Cc2ccccc2)oc1-c1ccccc1S(N)(=O)=O. The van der Waals surface area contributed by atoms with E-state index in [2.05, 4.69) is 0 Å². The van der Waals surface area contributed by atoms with Gasteiger partial charge in [-0.1, -0.05) is 60.7 Å². The third kappa shape index (κ3) is 3.92. The Morgan fingerprint density at radius 3 is 2.17 bits per heavy atom. The molecule has 0 amide bonds. The van der Waals surface area contributed by atoms with Crippen LogP contribution in [0.15, 0.2) is 82.1 Å². The van der Waals surface area contributed by atoms with Gasteiger partial charge < -0.3 is 4.42 Å². The predicted molar refractivity (Wildman–Crippen MR) is 117 cm³/mol. The first-order chi connectivity index (χ1) is 14.3. The first-order valence-electron chi connectivity index (χ1n) is 9.57. The molecule has 0 fully saturated rings. The normalized spacial score (nSPS) is 11.6. The average Bonchev–Trinajstić information content (AvgIpc) is 3.11. The molecule has 6 heteroatoms. The Hall–Kier alpha value is -3.22. The van der Waals surface area contributed by atoms with Crippen molar-refractivity contribution in [1.82, 2.24) is 4.98 Å². The Kier molecular flexibility index (Phi) is 5.28. The third-order valence-corrected chi connectivity index (χ3v) is 5.99. The molecule has 152 valence electrons. The van der Waals surface area contributed by atoms with Crippen molar-refractivity contribution in [3.63, 3.8) is 0 Å². The Morgan fingerprint density at radius 1 is 0.867 bits per heavy atom. The maximum atomic E-state index is 12.2. The van der Waals surface area contributed by atoms with Crippen LogP contribution in [0, 0.1) is 13.8 Å². The zero-order valence-electron chi connectivity index (χ0n) is 16.8. The fraction of sp³-hybridized carbons (Fsp3) is 0.125. The molecular formula is C24H22N2O3S. The third-order valence-electron chi connectivity index (χ3n) is 5.03. The van der Waals surface area contributed by atoms with Crippen LogP contribution >= 0.6 is 0 Å². The fourth-order valence-electron chi connectivity index (χ4n) is 3.65. The van der Waals surface area contributed by atoms with E-state index in [1.807, 2.05) is 62.4 Å². The lowest BCUT2D eigenvalue weighted by molar-refractivity contribution is 0.518. The van der Waals surface area contributed by atoms with Crippen LogP contribution in [-0.2, 0) is 16.4 Å². The lowest BCUT2D eigenvalue weighted by atomic mass is 9.97. The molecule has 1 aromatic heterocycles. The molecule has 0 aliphatic rings. The van der Waals surface area contributed by atoms with E-state index in [0.29, 0.717) is 29.3 Å². The van der Waals surface area contributed by atoms with Gasteiger partial charge in [0.15, 0.2) is 11.7 Å². The van der Waals surface area contributed by atoms with Gasteiger partial charge >= 0.3 is 0 Å². The minimum absolute atomic E-state index is 0.0138. The van der Waals surface area contributed by atoms with Gasteiger partial charge in [0.2, 0.25) is 10.0 Å². The standard InChI is InChI=1S/C24H22N2O3S/c1-16-9-8-10-17(2)22(16)23-24(19-13-6-7-14-20(19)30(25,27)28)29-21(26-23)15-18-11-4-3-5-12-18/h3-14H,15H2,1-2H3,(H2,25,27,28). The molecule has 5 nitrogen and oxygen atoms in total. The summed E-state index contributed by atoms with van der Waals surface area (Å²) < 4.78 is 30.6. The number of sulfonamides is 1. The summed E-state index contributed by atoms with van der Waals surface area (Å²) in [7, 11) is -3.94. The van der Waals surface area contributed by atoms with Crippen molar-refractivity contribution in [2.24, 2.45) is 5.14 Å². The minimum atomic E-state index is -3.94. The Bertz CT molecular complexity index is 1290. The second-order valence-electron chi connectivity index (χ2n) is 7.26. The molecule has 0 saturated carbocycles. The van der Waals surface area contributed by atoms with Gasteiger partial charge in [-0.05, 0) is 42.7 Å². The van der Waals surface area contributed by atoms with Gasteiger partial charge in [0.1, 0.15) is 5.69 Å². The number of hydrogen-bond acceptors (Lipinski definition) is 4. The van der Waals surface area contributed by atoms with Crippen LogP contribution in [0.5, 0.6) is 0 Å². The summed E-state index contributed by atoms with van der Waals surface area (Å²) in [5, 5.41) is 5.48. The van der Waals surface area contributed by atoms with Crippen LogP contribution in [-0.4, -0.2) is 13.4 Å². The van der Waals surface area contributed by atoms with Gasteiger partial charge in [-0.2, -0.15) is 0 Å². The van der Waals surface area contributed by atoms with Crippen LogP contribution in [0.4, 0.5) is 0 Å². The van der Waals surface area contributed by atoms with E-state index in [4.69, 9.17) is 14.5 Å². The number of primary sulfonamides is 1. The van der Waals surface area contributed by atoms with Gasteiger partial charge in [-0.25, -0.2) is 18.5 Å². The molecule has 1 heterocycles. The highest BCUT2D eigenvalue weighted by atomic mass is 32.2. The van der Waals surface area contributed by atoms with E-state index >= 15 is 0 Å². The molecule has 0 saturated heterocycles. The van der Waals surface area contributed by atoms with Gasteiger partial charge in [-0.3, -0.25) is 0 Å².